The van der Waals surface area contributed by atoms with Gasteiger partial charge in [0.05, 0.1) is 39.0 Å². The lowest BCUT2D eigenvalue weighted by Gasteiger charge is -2.39. The van der Waals surface area contributed by atoms with Crippen LogP contribution in [0.4, 0.5) is 18.9 Å². The molecule has 2 N–H and O–H groups in total. The average Bonchev–Trinajstić information content (AvgIpc) is 2.90. The van der Waals surface area contributed by atoms with Crippen LogP contribution in [-0.2, 0) is 17.6 Å². The van der Waals surface area contributed by atoms with E-state index >= 15 is 0 Å². The third-order valence-corrected chi connectivity index (χ3v) is 7.30. The van der Waals surface area contributed by atoms with Crippen molar-refractivity contribution in [1.82, 2.24) is 4.90 Å². The number of rotatable bonds is 9. The Balaban J connectivity index is 1.66. The van der Waals surface area contributed by atoms with Gasteiger partial charge in [0, 0.05) is 24.4 Å². The molecule has 4 rings (SSSR count). The Morgan fingerprint density at radius 3 is 2.42 bits per heavy atom. The first kappa shape index (κ1) is 29.4. The van der Waals surface area contributed by atoms with Crippen LogP contribution in [0.5, 0.6) is 17.2 Å². The van der Waals surface area contributed by atoms with Crippen LogP contribution in [0.25, 0.3) is 0 Å². The van der Waals surface area contributed by atoms with Gasteiger partial charge in [-0.05, 0) is 77.6 Å². The molecule has 1 heterocycles. The highest BCUT2D eigenvalue weighted by molar-refractivity contribution is 6.30. The van der Waals surface area contributed by atoms with E-state index in [4.69, 9.17) is 31.5 Å². The Morgan fingerprint density at radius 1 is 1.02 bits per heavy atom. The Hall–Kier alpha value is -3.59. The molecule has 0 saturated carbocycles. The highest BCUT2D eigenvalue weighted by atomic mass is 35.5. The number of carbonyl (C=O) groups excluding carboxylic acids is 1. The number of halogens is 4. The van der Waals surface area contributed by atoms with E-state index in [1.807, 2.05) is 37.3 Å². The van der Waals surface area contributed by atoms with Crippen LogP contribution in [0.15, 0.2) is 48.5 Å². The largest absolute Gasteiger partial charge is 0.495 e. The van der Waals surface area contributed by atoms with Gasteiger partial charge in [0.1, 0.15) is 5.75 Å². The Bertz CT molecular complexity index is 1380. The normalized spacial score (nSPS) is 15.0. The first-order valence-electron chi connectivity index (χ1n) is 12.9. The number of ether oxygens (including phenoxy) is 3. The summed E-state index contributed by atoms with van der Waals surface area (Å²) in [6.07, 6.45) is -5.17. The van der Waals surface area contributed by atoms with Crippen molar-refractivity contribution in [3.05, 3.63) is 81.4 Å². The second-order valence-electron chi connectivity index (χ2n) is 9.73. The van der Waals surface area contributed by atoms with Gasteiger partial charge < -0.3 is 24.8 Å². The molecule has 214 valence electrons. The Morgan fingerprint density at radius 2 is 1.77 bits per heavy atom. The number of fused-ring (bicyclic) bond motifs is 1. The van der Waals surface area contributed by atoms with Crippen molar-refractivity contribution < 1.29 is 32.2 Å². The van der Waals surface area contributed by atoms with Gasteiger partial charge >= 0.3 is 6.18 Å². The van der Waals surface area contributed by atoms with Gasteiger partial charge in [0.15, 0.2) is 11.5 Å². The average molecular weight is 577 g/mol. The van der Waals surface area contributed by atoms with Crippen LogP contribution < -0.4 is 19.9 Å². The van der Waals surface area contributed by atoms with Crippen molar-refractivity contribution in [2.75, 3.05) is 33.1 Å². The number of alkyl halides is 3. The quantitative estimate of drug-likeness (QED) is 0.287. The van der Waals surface area contributed by atoms with Crippen LogP contribution >= 0.6 is 11.6 Å². The predicted molar refractivity (Wildman–Crippen MR) is 148 cm³/mol. The first-order valence-corrected chi connectivity index (χ1v) is 13.3. The summed E-state index contributed by atoms with van der Waals surface area (Å²) < 4.78 is 55.8. The van der Waals surface area contributed by atoms with Crippen molar-refractivity contribution in [1.29, 1.82) is 0 Å². The van der Waals surface area contributed by atoms with Crippen molar-refractivity contribution in [2.24, 2.45) is 0 Å². The monoisotopic (exact) mass is 576 g/mol. The van der Waals surface area contributed by atoms with Crippen LogP contribution in [-0.4, -0.2) is 44.4 Å². The van der Waals surface area contributed by atoms with Crippen LogP contribution in [0, 0.1) is 6.92 Å². The van der Waals surface area contributed by atoms with E-state index in [2.05, 4.69) is 0 Å². The van der Waals surface area contributed by atoms with Gasteiger partial charge in [-0.15, -0.1) is 0 Å². The number of anilines is 1. The fraction of sp³-hybridized carbons (Fsp3) is 0.367. The lowest BCUT2D eigenvalue weighted by molar-refractivity contribution is -0.150. The highest BCUT2D eigenvalue weighted by Gasteiger charge is 2.36. The third-order valence-electron chi connectivity index (χ3n) is 7.07. The van der Waals surface area contributed by atoms with E-state index in [0.29, 0.717) is 47.4 Å². The molecule has 3 aromatic carbocycles. The van der Waals surface area contributed by atoms with E-state index < -0.39 is 31.0 Å². The maximum Gasteiger partial charge on any atom is 0.389 e. The number of hydrogen-bond acceptors (Lipinski definition) is 5. The molecule has 40 heavy (non-hydrogen) atoms. The first-order chi connectivity index (χ1) is 19.0. The summed E-state index contributed by atoms with van der Waals surface area (Å²) >= 11 is 6.20. The summed E-state index contributed by atoms with van der Waals surface area (Å²) in [5.41, 5.74) is 10.8. The summed E-state index contributed by atoms with van der Waals surface area (Å²) in [4.78, 5) is 14.7. The van der Waals surface area contributed by atoms with Gasteiger partial charge in [-0.2, -0.15) is 13.2 Å². The molecule has 1 aliphatic rings. The number of methoxy groups -OCH3 is 2. The number of amides is 1. The lowest BCUT2D eigenvalue weighted by Crippen LogP contribution is -2.41. The molecule has 0 fully saturated rings. The minimum absolute atomic E-state index is 0.276. The van der Waals surface area contributed by atoms with Gasteiger partial charge in [0.25, 0.3) is 0 Å². The summed E-state index contributed by atoms with van der Waals surface area (Å²) in [6.45, 7) is 2.47. The number of nitrogen functional groups attached to an aromatic ring is 1. The van der Waals surface area contributed by atoms with Gasteiger partial charge in [-0.1, -0.05) is 23.7 Å². The smallest absolute Gasteiger partial charge is 0.389 e. The standard InChI is InChI=1S/C30H32ClF3N2O4/c1-18-14-21(31)5-6-22(18)29-23-17-27(40-13-10-19-4-7-25(38-2)24(35)15-19)26(39-3)16-20(23)9-12-36(29)28(37)8-11-30(32,33)34/h4-7,14-17,29H,8-13,35H2,1-3H3. The molecule has 6 nitrogen and oxygen atoms in total. The minimum Gasteiger partial charge on any atom is -0.495 e. The third kappa shape index (κ3) is 6.75. The van der Waals surface area contributed by atoms with Crippen LogP contribution in [0.1, 0.15) is 46.7 Å². The molecule has 0 saturated heterocycles. The van der Waals surface area contributed by atoms with E-state index in [-0.39, 0.29) is 6.54 Å². The van der Waals surface area contributed by atoms with Gasteiger partial charge in [-0.25, -0.2) is 0 Å². The van der Waals surface area contributed by atoms with E-state index in [1.165, 1.54) is 4.90 Å². The number of benzene rings is 3. The van der Waals surface area contributed by atoms with Gasteiger partial charge in [0.2, 0.25) is 5.91 Å². The van der Waals surface area contributed by atoms with Crippen molar-refractivity contribution in [3.8, 4) is 17.2 Å². The number of nitrogens with two attached hydrogens (primary N) is 1. The maximum absolute atomic E-state index is 13.2. The Kier molecular flexibility index (Phi) is 9.03. The summed E-state index contributed by atoms with van der Waals surface area (Å²) in [7, 11) is 3.11. The molecule has 10 heteroatoms. The molecule has 0 bridgehead atoms. The fourth-order valence-corrected chi connectivity index (χ4v) is 5.29. The lowest BCUT2D eigenvalue weighted by atomic mass is 9.85. The zero-order valence-electron chi connectivity index (χ0n) is 22.6. The van der Waals surface area contributed by atoms with Crippen LogP contribution in [0.3, 0.4) is 0 Å². The van der Waals surface area contributed by atoms with Crippen LogP contribution in [0.2, 0.25) is 5.02 Å². The van der Waals surface area contributed by atoms with Gasteiger partial charge in [-0.3, -0.25) is 4.79 Å². The van der Waals surface area contributed by atoms with E-state index in [1.54, 1.807) is 32.4 Å². The van der Waals surface area contributed by atoms with Crippen molar-refractivity contribution >= 4 is 23.2 Å². The topological polar surface area (TPSA) is 74.0 Å². The number of nitrogens with zero attached hydrogens (tertiary/aromatic N) is 1. The maximum atomic E-state index is 13.2. The highest BCUT2D eigenvalue weighted by Crippen LogP contribution is 2.43. The minimum atomic E-state index is -4.42. The zero-order valence-corrected chi connectivity index (χ0v) is 23.4. The second kappa shape index (κ2) is 12.3. The molecular weight excluding hydrogens is 545 g/mol. The fourth-order valence-electron chi connectivity index (χ4n) is 5.06. The molecule has 0 aromatic heterocycles. The van der Waals surface area contributed by atoms with E-state index in [0.717, 1.165) is 27.8 Å². The van der Waals surface area contributed by atoms with Crippen molar-refractivity contribution in [2.45, 2.75) is 44.8 Å². The molecule has 1 aliphatic heterocycles. The summed E-state index contributed by atoms with van der Waals surface area (Å²) in [6, 6.07) is 14.0. The molecule has 0 radical (unpaired) electrons. The number of hydrogen-bond donors (Lipinski definition) is 1. The second-order valence-corrected chi connectivity index (χ2v) is 10.2. The Labute approximate surface area is 236 Å². The molecule has 1 amide bonds. The molecule has 3 aromatic rings. The molecule has 1 unspecified atom stereocenters. The number of carbonyl (C=O) groups is 1. The molecule has 1 atom stereocenters. The van der Waals surface area contributed by atoms with Crippen molar-refractivity contribution in [3.63, 3.8) is 0 Å². The molecule has 0 spiro atoms. The van der Waals surface area contributed by atoms with E-state index in [9.17, 15) is 18.0 Å². The molecular formula is C30H32ClF3N2O4. The zero-order chi connectivity index (χ0) is 29.0. The number of aryl methyl sites for hydroxylation is 1. The SMILES string of the molecule is COc1ccc(CCOc2cc3c(cc2OC)CCN(C(=O)CCC(F)(F)F)C3c2ccc(Cl)cc2C)cc1N. The predicted octanol–water partition coefficient (Wildman–Crippen LogP) is 6.69. The summed E-state index contributed by atoms with van der Waals surface area (Å²) in [5.74, 6) is 1.05. The molecule has 0 aliphatic carbocycles. The summed E-state index contributed by atoms with van der Waals surface area (Å²) in [5, 5.41) is 0.533.